The molecule has 4 N–H and O–H groups in total. The summed E-state index contributed by atoms with van der Waals surface area (Å²) in [5.74, 6) is -3.67. The van der Waals surface area contributed by atoms with Crippen LogP contribution >= 0.6 is 0 Å². The van der Waals surface area contributed by atoms with Crippen molar-refractivity contribution in [2.24, 2.45) is 5.92 Å². The fourth-order valence-corrected chi connectivity index (χ4v) is 3.19. The molecule has 29 heavy (non-hydrogen) atoms. The van der Waals surface area contributed by atoms with E-state index in [1.165, 1.54) is 42.9 Å². The number of urea groups is 1. The Morgan fingerprint density at radius 1 is 1.31 bits per heavy atom. The summed E-state index contributed by atoms with van der Waals surface area (Å²) in [5, 5.41) is 23.9. The number of hydrogen-bond donors (Lipinski definition) is 4. The summed E-state index contributed by atoms with van der Waals surface area (Å²) in [5.41, 5.74) is -4.02. The monoisotopic (exact) mass is 411 g/mol. The van der Waals surface area contributed by atoms with Crippen molar-refractivity contribution in [2.45, 2.75) is 17.9 Å². The number of aromatic nitrogens is 1. The van der Waals surface area contributed by atoms with Gasteiger partial charge in [-0.1, -0.05) is 6.07 Å². The fourth-order valence-electron chi connectivity index (χ4n) is 3.19. The molecular formula is C18H16F3N3O5. The third kappa shape index (κ3) is 3.56. The van der Waals surface area contributed by atoms with E-state index >= 15 is 0 Å². The number of alkyl halides is 3. The van der Waals surface area contributed by atoms with E-state index in [0.29, 0.717) is 0 Å². The lowest BCUT2D eigenvalue weighted by Crippen LogP contribution is -2.72. The first-order valence-electron chi connectivity index (χ1n) is 8.27. The van der Waals surface area contributed by atoms with Gasteiger partial charge in [-0.2, -0.15) is 13.2 Å². The normalized spacial score (nSPS) is 24.4. The summed E-state index contributed by atoms with van der Waals surface area (Å²) in [4.78, 5) is 28.7. The largest absolute Gasteiger partial charge is 0.504 e. The van der Waals surface area contributed by atoms with Crippen LogP contribution in [0.25, 0.3) is 0 Å². The Morgan fingerprint density at radius 2 is 2.03 bits per heavy atom. The molecule has 8 nitrogen and oxygen atoms in total. The number of rotatable bonds is 4. The minimum Gasteiger partial charge on any atom is -0.504 e. The third-order valence-corrected chi connectivity index (χ3v) is 4.60. The molecule has 3 rings (SSSR count). The molecule has 1 aliphatic rings. The summed E-state index contributed by atoms with van der Waals surface area (Å²) in [6, 6.07) is 3.22. The van der Waals surface area contributed by atoms with Crippen LogP contribution in [0.15, 0.2) is 42.7 Å². The number of phenolic OH excluding ortho intramolecular Hbond substituents is 1. The number of nitrogens with one attached hydrogen (secondary N) is 2. The number of carbonyl (C=O) groups is 2. The van der Waals surface area contributed by atoms with E-state index < -0.39 is 35.7 Å². The van der Waals surface area contributed by atoms with E-state index in [9.17, 15) is 33.0 Å². The lowest BCUT2D eigenvalue weighted by molar-refractivity contribution is -0.287. The van der Waals surface area contributed by atoms with Crippen molar-refractivity contribution in [1.82, 2.24) is 15.6 Å². The summed E-state index contributed by atoms with van der Waals surface area (Å²) < 4.78 is 46.3. The number of halogens is 3. The predicted octanol–water partition coefficient (Wildman–Crippen LogP) is 1.90. The van der Waals surface area contributed by atoms with Gasteiger partial charge in [0.2, 0.25) is 5.72 Å². The standard InChI is InChI=1S/C18H16F3N3O5/c1-29-12-7-9(4-5-11(12)25)14-13(15(26)10-3-2-6-22-8-10)17(28,18(19,20)21)24-16(27)23-14/h2-8,13-14,25,28H,1H3,(H2,23,24,27)/t13-,14-,17+/m0/s1. The second-order valence-corrected chi connectivity index (χ2v) is 6.36. The zero-order valence-corrected chi connectivity index (χ0v) is 14.9. The Bertz CT molecular complexity index is 938. The lowest BCUT2D eigenvalue weighted by Gasteiger charge is -2.45. The van der Waals surface area contributed by atoms with Crippen LogP contribution in [-0.4, -0.2) is 46.0 Å². The van der Waals surface area contributed by atoms with Crippen molar-refractivity contribution in [3.63, 3.8) is 0 Å². The van der Waals surface area contributed by atoms with E-state index in [4.69, 9.17) is 4.74 Å². The van der Waals surface area contributed by atoms with Crippen LogP contribution in [0.5, 0.6) is 11.5 Å². The Kier molecular flexibility index (Phi) is 5.09. The van der Waals surface area contributed by atoms with Crippen molar-refractivity contribution < 1.29 is 37.7 Å². The van der Waals surface area contributed by atoms with Gasteiger partial charge in [-0.3, -0.25) is 9.78 Å². The zero-order valence-electron chi connectivity index (χ0n) is 14.9. The number of aliphatic hydroxyl groups is 1. The minimum absolute atomic E-state index is 0.0133. The number of methoxy groups -OCH3 is 1. The zero-order chi connectivity index (χ0) is 21.4. The molecule has 0 unspecified atom stereocenters. The molecule has 0 radical (unpaired) electrons. The van der Waals surface area contributed by atoms with E-state index in [2.05, 4.69) is 10.3 Å². The van der Waals surface area contributed by atoms with E-state index in [0.717, 1.165) is 12.3 Å². The number of pyridine rings is 1. The van der Waals surface area contributed by atoms with Crippen molar-refractivity contribution >= 4 is 11.8 Å². The Morgan fingerprint density at radius 3 is 2.62 bits per heavy atom. The molecule has 1 fully saturated rings. The van der Waals surface area contributed by atoms with Crippen LogP contribution in [0.4, 0.5) is 18.0 Å². The Balaban J connectivity index is 2.18. The van der Waals surface area contributed by atoms with Crippen LogP contribution in [0, 0.1) is 5.92 Å². The van der Waals surface area contributed by atoms with E-state index in [1.54, 1.807) is 0 Å². The number of hydrogen-bond acceptors (Lipinski definition) is 6. The molecule has 0 spiro atoms. The first-order valence-corrected chi connectivity index (χ1v) is 8.27. The maximum Gasteiger partial charge on any atom is 0.437 e. The van der Waals surface area contributed by atoms with Crippen LogP contribution in [0.2, 0.25) is 0 Å². The fraction of sp³-hybridized carbons (Fsp3) is 0.278. The van der Waals surface area contributed by atoms with Crippen LogP contribution < -0.4 is 15.4 Å². The van der Waals surface area contributed by atoms with Gasteiger partial charge in [0.25, 0.3) is 0 Å². The maximum absolute atomic E-state index is 13.8. The summed E-state index contributed by atoms with van der Waals surface area (Å²) in [6.45, 7) is 0. The van der Waals surface area contributed by atoms with Gasteiger partial charge >= 0.3 is 12.2 Å². The van der Waals surface area contributed by atoms with Crippen LogP contribution in [0.3, 0.4) is 0 Å². The van der Waals surface area contributed by atoms with Gasteiger partial charge in [0, 0.05) is 18.0 Å². The van der Waals surface area contributed by atoms with Gasteiger partial charge < -0.3 is 25.6 Å². The molecule has 2 aromatic rings. The molecule has 1 aliphatic heterocycles. The molecule has 154 valence electrons. The number of carbonyl (C=O) groups excluding carboxylic acids is 2. The highest BCUT2D eigenvalue weighted by Gasteiger charge is 2.66. The molecule has 0 saturated carbocycles. The van der Waals surface area contributed by atoms with E-state index in [1.807, 2.05) is 0 Å². The van der Waals surface area contributed by atoms with Crippen LogP contribution in [-0.2, 0) is 0 Å². The number of ether oxygens (including phenoxy) is 1. The Hall–Kier alpha value is -3.34. The van der Waals surface area contributed by atoms with Gasteiger partial charge in [-0.25, -0.2) is 4.79 Å². The predicted molar refractivity (Wildman–Crippen MR) is 92.1 cm³/mol. The molecule has 0 bridgehead atoms. The lowest BCUT2D eigenvalue weighted by atomic mass is 9.77. The molecule has 0 aliphatic carbocycles. The summed E-state index contributed by atoms with van der Waals surface area (Å²) in [7, 11) is 1.23. The first kappa shape index (κ1) is 20.4. The average molecular weight is 411 g/mol. The number of phenols is 1. The Labute approximate surface area is 162 Å². The molecule has 1 aromatic carbocycles. The number of ketones is 1. The highest BCUT2D eigenvalue weighted by molar-refractivity contribution is 6.00. The molecule has 2 heterocycles. The van der Waals surface area contributed by atoms with Crippen molar-refractivity contribution in [3.05, 3.63) is 53.9 Å². The highest BCUT2D eigenvalue weighted by atomic mass is 19.4. The van der Waals surface area contributed by atoms with Crippen LogP contribution in [0.1, 0.15) is 22.0 Å². The van der Waals surface area contributed by atoms with E-state index in [-0.39, 0.29) is 22.6 Å². The minimum atomic E-state index is -5.37. The number of nitrogens with zero attached hydrogens (tertiary/aromatic N) is 1. The second kappa shape index (κ2) is 7.24. The molecule has 3 atom stereocenters. The number of amides is 2. The summed E-state index contributed by atoms with van der Waals surface area (Å²) in [6.07, 6.45) is -2.98. The number of Topliss-reactive ketones (excluding diaryl/α,β-unsaturated/α-hetero) is 1. The van der Waals surface area contributed by atoms with Gasteiger partial charge in [0.1, 0.15) is 5.92 Å². The van der Waals surface area contributed by atoms with Gasteiger partial charge in [-0.05, 0) is 29.8 Å². The molecule has 1 aromatic heterocycles. The van der Waals surface area contributed by atoms with Gasteiger partial charge in [0.05, 0.1) is 13.2 Å². The number of aromatic hydroxyl groups is 1. The van der Waals surface area contributed by atoms with Gasteiger partial charge in [0.15, 0.2) is 17.3 Å². The smallest absolute Gasteiger partial charge is 0.437 e. The topological polar surface area (TPSA) is 121 Å². The van der Waals surface area contributed by atoms with Crippen molar-refractivity contribution in [3.8, 4) is 11.5 Å². The highest BCUT2D eigenvalue weighted by Crippen LogP contribution is 2.44. The number of benzene rings is 1. The van der Waals surface area contributed by atoms with Crippen molar-refractivity contribution in [1.29, 1.82) is 0 Å². The average Bonchev–Trinajstić information content (AvgIpc) is 2.67. The quantitative estimate of drug-likeness (QED) is 0.571. The first-order chi connectivity index (χ1) is 13.6. The molecule has 11 heteroatoms. The SMILES string of the molecule is COc1cc([C@@H]2NC(=O)N[C@](O)(C(F)(F)F)[C@@H]2C(=O)c2cccnc2)ccc1O. The molecule has 2 amide bonds. The van der Waals surface area contributed by atoms with Gasteiger partial charge in [-0.15, -0.1) is 0 Å². The maximum atomic E-state index is 13.8. The molecule has 1 saturated heterocycles. The third-order valence-electron chi connectivity index (χ3n) is 4.60. The molecular weight excluding hydrogens is 395 g/mol. The second-order valence-electron chi connectivity index (χ2n) is 6.36. The summed E-state index contributed by atoms with van der Waals surface area (Å²) >= 11 is 0. The van der Waals surface area contributed by atoms with Crippen molar-refractivity contribution in [2.75, 3.05) is 7.11 Å².